The van der Waals surface area contributed by atoms with Crippen LogP contribution in [0.1, 0.15) is 17.2 Å². The molecule has 2 aromatic carbocycles. The molecule has 3 rings (SSSR count). The van der Waals surface area contributed by atoms with Gasteiger partial charge in [-0.3, -0.25) is 0 Å². The topological polar surface area (TPSA) is 61.7 Å². The summed E-state index contributed by atoms with van der Waals surface area (Å²) in [6.45, 7) is 5.01. The first-order valence-corrected chi connectivity index (χ1v) is 8.90. The van der Waals surface area contributed by atoms with Gasteiger partial charge in [-0.1, -0.05) is 12.7 Å². The van der Waals surface area contributed by atoms with Crippen LogP contribution in [0.15, 0.2) is 53.9 Å². The Labute approximate surface area is 146 Å². The molecule has 2 aromatic rings. The zero-order chi connectivity index (χ0) is 16.9. The standard InChI is InChI=1S/C19H21NO3S/c1-2-9-23-14-3-5-15(6-4-14)24-12-17-16-11-19(22)18(21)10-13(16)7-8-20-17/h2-6,10-11,17,20-22H,1,7-9,12H2. The molecule has 0 radical (unpaired) electrons. The number of rotatable bonds is 6. The molecule has 0 bridgehead atoms. The van der Waals surface area contributed by atoms with Crippen molar-refractivity contribution < 1.29 is 14.9 Å². The van der Waals surface area contributed by atoms with E-state index in [4.69, 9.17) is 4.74 Å². The summed E-state index contributed by atoms with van der Waals surface area (Å²) in [5.41, 5.74) is 2.16. The molecular formula is C19H21NO3S. The lowest BCUT2D eigenvalue weighted by Crippen LogP contribution is -2.31. The number of phenolic OH excluding ortho intramolecular Hbond substituents is 2. The molecular weight excluding hydrogens is 322 g/mol. The third kappa shape index (κ3) is 3.86. The predicted molar refractivity (Wildman–Crippen MR) is 97.1 cm³/mol. The van der Waals surface area contributed by atoms with Crippen LogP contribution < -0.4 is 10.1 Å². The zero-order valence-electron chi connectivity index (χ0n) is 13.4. The highest BCUT2D eigenvalue weighted by molar-refractivity contribution is 7.99. The molecule has 3 N–H and O–H groups in total. The Morgan fingerprint density at radius 3 is 2.71 bits per heavy atom. The van der Waals surface area contributed by atoms with Crippen LogP contribution in [-0.2, 0) is 6.42 Å². The van der Waals surface area contributed by atoms with E-state index in [0.29, 0.717) is 6.61 Å². The van der Waals surface area contributed by atoms with Crippen LogP contribution in [-0.4, -0.2) is 29.1 Å². The van der Waals surface area contributed by atoms with Gasteiger partial charge in [-0.25, -0.2) is 0 Å². The molecule has 0 saturated carbocycles. The second kappa shape index (κ2) is 7.64. The third-order valence-corrected chi connectivity index (χ3v) is 5.11. The molecule has 0 aromatic heterocycles. The van der Waals surface area contributed by atoms with Gasteiger partial charge < -0.3 is 20.3 Å². The lowest BCUT2D eigenvalue weighted by molar-refractivity contribution is 0.363. The summed E-state index contributed by atoms with van der Waals surface area (Å²) in [7, 11) is 0. The normalized spacial score (nSPS) is 16.4. The van der Waals surface area contributed by atoms with Crippen molar-refractivity contribution in [2.75, 3.05) is 18.9 Å². The molecule has 1 heterocycles. The summed E-state index contributed by atoms with van der Waals surface area (Å²) in [5.74, 6) is 1.58. The predicted octanol–water partition coefficient (Wildman–Crippen LogP) is 3.64. The Morgan fingerprint density at radius 1 is 1.21 bits per heavy atom. The molecule has 24 heavy (non-hydrogen) atoms. The first kappa shape index (κ1) is 16.7. The first-order chi connectivity index (χ1) is 11.7. The third-order valence-electron chi connectivity index (χ3n) is 4.01. The molecule has 0 aliphatic carbocycles. The van der Waals surface area contributed by atoms with E-state index in [0.717, 1.165) is 40.5 Å². The Bertz CT molecular complexity index is 715. The highest BCUT2D eigenvalue weighted by Crippen LogP contribution is 2.36. The van der Waals surface area contributed by atoms with Crippen LogP contribution in [0.3, 0.4) is 0 Å². The summed E-state index contributed by atoms with van der Waals surface area (Å²) >= 11 is 1.75. The monoisotopic (exact) mass is 343 g/mol. The van der Waals surface area contributed by atoms with E-state index in [1.54, 1.807) is 30.0 Å². The van der Waals surface area contributed by atoms with E-state index in [2.05, 4.69) is 11.9 Å². The Morgan fingerprint density at radius 2 is 1.96 bits per heavy atom. The molecule has 1 unspecified atom stereocenters. The van der Waals surface area contributed by atoms with Gasteiger partial charge in [-0.15, -0.1) is 11.8 Å². The quantitative estimate of drug-likeness (QED) is 0.425. The van der Waals surface area contributed by atoms with Crippen molar-refractivity contribution in [2.45, 2.75) is 17.4 Å². The first-order valence-electron chi connectivity index (χ1n) is 7.92. The average molecular weight is 343 g/mol. The fourth-order valence-electron chi connectivity index (χ4n) is 2.78. The summed E-state index contributed by atoms with van der Waals surface area (Å²) < 4.78 is 5.48. The molecule has 1 atom stereocenters. The number of fused-ring (bicyclic) bond motifs is 1. The van der Waals surface area contributed by atoms with Crippen molar-refractivity contribution in [2.24, 2.45) is 0 Å². The molecule has 0 spiro atoms. The molecule has 1 aliphatic heterocycles. The number of nitrogens with one attached hydrogen (secondary N) is 1. The highest BCUT2D eigenvalue weighted by Gasteiger charge is 2.21. The van der Waals surface area contributed by atoms with E-state index >= 15 is 0 Å². The van der Waals surface area contributed by atoms with Gasteiger partial charge in [0.1, 0.15) is 12.4 Å². The van der Waals surface area contributed by atoms with Crippen LogP contribution in [0.4, 0.5) is 0 Å². The van der Waals surface area contributed by atoms with Gasteiger partial charge in [0.15, 0.2) is 11.5 Å². The van der Waals surface area contributed by atoms with Crippen molar-refractivity contribution in [3.8, 4) is 17.2 Å². The second-order valence-corrected chi connectivity index (χ2v) is 6.77. The van der Waals surface area contributed by atoms with Crippen molar-refractivity contribution in [3.63, 3.8) is 0 Å². The minimum atomic E-state index is -0.0591. The molecule has 1 aliphatic rings. The Kier molecular flexibility index (Phi) is 5.33. The van der Waals surface area contributed by atoms with Gasteiger partial charge in [-0.2, -0.15) is 0 Å². The van der Waals surface area contributed by atoms with Crippen molar-refractivity contribution >= 4 is 11.8 Å². The summed E-state index contributed by atoms with van der Waals surface area (Å²) in [4.78, 5) is 1.16. The maximum Gasteiger partial charge on any atom is 0.157 e. The van der Waals surface area contributed by atoms with Gasteiger partial charge in [-0.05, 0) is 60.5 Å². The zero-order valence-corrected chi connectivity index (χ0v) is 14.2. The minimum Gasteiger partial charge on any atom is -0.504 e. The van der Waals surface area contributed by atoms with E-state index in [-0.39, 0.29) is 17.5 Å². The SMILES string of the molecule is C=CCOc1ccc(SCC2NCCc3cc(O)c(O)cc32)cc1. The maximum atomic E-state index is 9.77. The number of phenols is 2. The maximum absolute atomic E-state index is 9.77. The molecule has 0 saturated heterocycles. The van der Waals surface area contributed by atoms with E-state index in [1.165, 1.54) is 0 Å². The van der Waals surface area contributed by atoms with Crippen molar-refractivity contribution in [1.82, 2.24) is 5.32 Å². The number of thioether (sulfide) groups is 1. The van der Waals surface area contributed by atoms with Crippen LogP contribution in [0, 0.1) is 0 Å². The number of hydrogen-bond donors (Lipinski definition) is 3. The fraction of sp³-hybridized carbons (Fsp3) is 0.263. The van der Waals surface area contributed by atoms with Crippen molar-refractivity contribution in [1.29, 1.82) is 0 Å². The summed E-state index contributed by atoms with van der Waals surface area (Å²) in [5, 5.41) is 22.9. The molecule has 0 fully saturated rings. The van der Waals surface area contributed by atoms with Crippen LogP contribution in [0.5, 0.6) is 17.2 Å². The lowest BCUT2D eigenvalue weighted by atomic mass is 9.94. The van der Waals surface area contributed by atoms with Gasteiger partial charge >= 0.3 is 0 Å². The van der Waals surface area contributed by atoms with Gasteiger partial charge in [0.2, 0.25) is 0 Å². The average Bonchev–Trinajstić information content (AvgIpc) is 2.60. The van der Waals surface area contributed by atoms with E-state index < -0.39 is 0 Å². The number of hydrogen-bond acceptors (Lipinski definition) is 5. The van der Waals surface area contributed by atoms with Crippen molar-refractivity contribution in [3.05, 3.63) is 60.2 Å². The lowest BCUT2D eigenvalue weighted by Gasteiger charge is -2.27. The Hall–Kier alpha value is -2.11. The fourth-order valence-corrected chi connectivity index (χ4v) is 3.77. The van der Waals surface area contributed by atoms with Crippen LogP contribution >= 0.6 is 11.8 Å². The molecule has 0 amide bonds. The number of aromatic hydroxyl groups is 2. The smallest absolute Gasteiger partial charge is 0.157 e. The van der Waals surface area contributed by atoms with Crippen LogP contribution in [0.25, 0.3) is 0 Å². The minimum absolute atomic E-state index is 0.0443. The summed E-state index contributed by atoms with van der Waals surface area (Å²) in [6, 6.07) is 11.5. The number of ether oxygens (including phenoxy) is 1. The van der Waals surface area contributed by atoms with Crippen LogP contribution in [0.2, 0.25) is 0 Å². The largest absolute Gasteiger partial charge is 0.504 e. The van der Waals surface area contributed by atoms with E-state index in [1.807, 2.05) is 24.3 Å². The molecule has 5 heteroatoms. The second-order valence-electron chi connectivity index (χ2n) is 5.68. The molecule has 126 valence electrons. The molecule has 4 nitrogen and oxygen atoms in total. The van der Waals surface area contributed by atoms with Gasteiger partial charge in [0.05, 0.1) is 0 Å². The summed E-state index contributed by atoms with van der Waals surface area (Å²) in [6.07, 6.45) is 2.59. The highest BCUT2D eigenvalue weighted by atomic mass is 32.2. The van der Waals surface area contributed by atoms with Gasteiger partial charge in [0.25, 0.3) is 0 Å². The van der Waals surface area contributed by atoms with Gasteiger partial charge in [0, 0.05) is 16.7 Å². The number of benzene rings is 2. The Balaban J connectivity index is 1.65. The van der Waals surface area contributed by atoms with E-state index in [9.17, 15) is 10.2 Å².